The number of amides is 1. The molecule has 0 spiro atoms. The summed E-state index contributed by atoms with van der Waals surface area (Å²) in [6.45, 7) is 2.26. The Balaban J connectivity index is 1.30. The molecule has 27 heavy (non-hydrogen) atoms. The lowest BCUT2D eigenvalue weighted by Gasteiger charge is -2.32. The summed E-state index contributed by atoms with van der Waals surface area (Å²) in [7, 11) is 1.68. The monoisotopic (exact) mass is 387 g/mol. The van der Waals surface area contributed by atoms with E-state index in [2.05, 4.69) is 27.3 Å². The van der Waals surface area contributed by atoms with Crippen molar-refractivity contribution in [3.8, 4) is 10.8 Å². The van der Waals surface area contributed by atoms with Crippen LogP contribution in [-0.2, 0) is 9.53 Å². The third kappa shape index (κ3) is 4.42. The molecule has 0 atom stereocenters. The molecular weight excluding hydrogens is 362 g/mol. The molecule has 1 N–H and O–H groups in total. The quantitative estimate of drug-likeness (QED) is 0.801. The fourth-order valence-electron chi connectivity index (χ4n) is 3.54. The molecule has 2 heterocycles. The molecule has 7 heteroatoms. The highest BCUT2D eigenvalue weighted by atomic mass is 32.1. The lowest BCUT2D eigenvalue weighted by Crippen LogP contribution is -2.38. The zero-order valence-corrected chi connectivity index (χ0v) is 16.3. The van der Waals surface area contributed by atoms with E-state index >= 15 is 0 Å². The van der Waals surface area contributed by atoms with E-state index < -0.39 is 0 Å². The average molecular weight is 388 g/mol. The predicted molar refractivity (Wildman–Crippen MR) is 107 cm³/mol. The Hall–Kier alpha value is -2.12. The molecule has 1 aromatic carbocycles. The van der Waals surface area contributed by atoms with E-state index in [1.807, 2.05) is 12.1 Å². The van der Waals surface area contributed by atoms with E-state index in [-0.39, 0.29) is 17.9 Å². The van der Waals surface area contributed by atoms with Gasteiger partial charge < -0.3 is 19.7 Å². The maximum atomic E-state index is 12.2. The number of benzene rings is 1. The third-order valence-corrected chi connectivity index (χ3v) is 6.08. The van der Waals surface area contributed by atoms with Crippen LogP contribution in [0.15, 0.2) is 30.5 Å². The number of nitrogens with one attached hydrogen (secondary N) is 1. The summed E-state index contributed by atoms with van der Waals surface area (Å²) in [5, 5.41) is 4.11. The van der Waals surface area contributed by atoms with E-state index in [9.17, 15) is 4.79 Å². The van der Waals surface area contributed by atoms with Crippen LogP contribution in [0.4, 0.5) is 10.8 Å². The second kappa shape index (κ2) is 8.27. The van der Waals surface area contributed by atoms with Crippen LogP contribution in [0.2, 0.25) is 0 Å². The van der Waals surface area contributed by atoms with Crippen molar-refractivity contribution in [1.82, 2.24) is 4.98 Å². The average Bonchev–Trinajstić information content (AvgIpc) is 3.09. The number of carbonyl (C=O) groups excluding carboxylic acids is 1. The number of hydrogen-bond acceptors (Lipinski definition) is 6. The van der Waals surface area contributed by atoms with Gasteiger partial charge in [0.25, 0.3) is 0 Å². The van der Waals surface area contributed by atoms with Gasteiger partial charge in [-0.25, -0.2) is 4.98 Å². The molecule has 0 bridgehead atoms. The van der Waals surface area contributed by atoms with E-state index in [0.717, 1.165) is 31.7 Å². The zero-order valence-electron chi connectivity index (χ0n) is 15.5. The summed E-state index contributed by atoms with van der Waals surface area (Å²) in [5.74, 6) is 0.805. The van der Waals surface area contributed by atoms with Gasteiger partial charge in [0.15, 0.2) is 5.13 Å². The van der Waals surface area contributed by atoms with Crippen molar-refractivity contribution in [3.05, 3.63) is 30.5 Å². The number of anilines is 2. The van der Waals surface area contributed by atoms with Gasteiger partial charge >= 0.3 is 0 Å². The normalized spacial score (nSPS) is 22.2. The van der Waals surface area contributed by atoms with Crippen LogP contribution >= 0.6 is 11.3 Å². The Morgan fingerprint density at radius 2 is 1.93 bits per heavy atom. The first-order chi connectivity index (χ1) is 13.2. The number of thiazole rings is 1. The highest BCUT2D eigenvalue weighted by Gasteiger charge is 2.34. The summed E-state index contributed by atoms with van der Waals surface area (Å²) >= 11 is 1.34. The summed E-state index contributed by atoms with van der Waals surface area (Å²) in [6.07, 6.45) is 7.28. The Bertz CT molecular complexity index is 765. The molecule has 1 aliphatic heterocycles. The first kappa shape index (κ1) is 18.3. The van der Waals surface area contributed by atoms with Crippen molar-refractivity contribution in [3.63, 3.8) is 0 Å². The highest BCUT2D eigenvalue weighted by Crippen LogP contribution is 2.34. The Labute approximate surface area is 163 Å². The molecule has 144 valence electrons. The van der Waals surface area contributed by atoms with Gasteiger partial charge in [0.2, 0.25) is 11.0 Å². The molecule has 4 rings (SSSR count). The van der Waals surface area contributed by atoms with Crippen molar-refractivity contribution >= 4 is 28.1 Å². The van der Waals surface area contributed by atoms with Gasteiger partial charge in [0.1, 0.15) is 5.75 Å². The second-order valence-electron chi connectivity index (χ2n) is 7.14. The van der Waals surface area contributed by atoms with E-state index in [4.69, 9.17) is 9.47 Å². The molecule has 6 nitrogen and oxygen atoms in total. The maximum Gasteiger partial charge on any atom is 0.229 e. The predicted octanol–water partition coefficient (Wildman–Crippen LogP) is 4.29. The van der Waals surface area contributed by atoms with Gasteiger partial charge in [-0.1, -0.05) is 11.3 Å². The Kier molecular flexibility index (Phi) is 5.59. The van der Waals surface area contributed by atoms with Crippen LogP contribution < -0.4 is 15.0 Å². The number of rotatable bonds is 6. The van der Waals surface area contributed by atoms with Crippen molar-refractivity contribution in [1.29, 1.82) is 0 Å². The van der Waals surface area contributed by atoms with Crippen molar-refractivity contribution < 1.29 is 14.3 Å². The lowest BCUT2D eigenvalue weighted by atomic mass is 9.82. The molecule has 2 aromatic rings. The Morgan fingerprint density at radius 3 is 2.63 bits per heavy atom. The summed E-state index contributed by atoms with van der Waals surface area (Å²) < 4.78 is 11.1. The molecule has 0 unspecified atom stereocenters. The summed E-state index contributed by atoms with van der Waals surface area (Å²) in [5.41, 5.74) is 1.24. The molecule has 1 saturated carbocycles. The molecule has 1 saturated heterocycles. The molecular formula is C20H25N3O3S. The number of hydrogen-bond donors (Lipinski definition) is 1. The third-order valence-electron chi connectivity index (χ3n) is 5.29. The van der Waals surface area contributed by atoms with E-state index in [1.165, 1.54) is 36.3 Å². The summed E-state index contributed by atoms with van der Waals surface area (Å²) in [4.78, 5) is 18.8. The molecule has 1 aromatic heterocycles. The smallest absolute Gasteiger partial charge is 0.229 e. The minimum atomic E-state index is 0.00934. The van der Waals surface area contributed by atoms with Crippen molar-refractivity contribution in [2.45, 2.75) is 38.2 Å². The van der Waals surface area contributed by atoms with Crippen LogP contribution in [-0.4, -0.2) is 37.2 Å². The number of nitrogens with zero attached hydrogens (tertiary/aromatic N) is 2. The van der Waals surface area contributed by atoms with Gasteiger partial charge in [-0.2, -0.15) is 0 Å². The minimum Gasteiger partial charge on any atom is -0.445 e. The molecule has 0 radical (unpaired) electrons. The van der Waals surface area contributed by atoms with Crippen LogP contribution in [0, 0.1) is 5.92 Å². The van der Waals surface area contributed by atoms with Crippen LogP contribution in [0.25, 0.3) is 0 Å². The maximum absolute atomic E-state index is 12.2. The van der Waals surface area contributed by atoms with Gasteiger partial charge in [-0.3, -0.25) is 4.79 Å². The van der Waals surface area contributed by atoms with Crippen molar-refractivity contribution in [2.75, 3.05) is 30.4 Å². The lowest BCUT2D eigenvalue weighted by molar-refractivity contribution is -0.127. The van der Waals surface area contributed by atoms with Crippen molar-refractivity contribution in [2.24, 2.45) is 5.92 Å². The van der Waals surface area contributed by atoms with Gasteiger partial charge in [-0.05, 0) is 56.4 Å². The van der Waals surface area contributed by atoms with Crippen LogP contribution in [0.1, 0.15) is 32.1 Å². The number of methoxy groups -OCH3 is 1. The second-order valence-corrected chi connectivity index (χ2v) is 8.14. The van der Waals surface area contributed by atoms with E-state index in [1.54, 1.807) is 13.3 Å². The SMILES string of the molecule is COC1CC(C(=O)Nc2ncc(Oc3ccc(N4CCCCC4)cc3)s2)C1. The largest absolute Gasteiger partial charge is 0.445 e. The molecule has 1 amide bonds. The molecule has 1 aliphatic carbocycles. The fourth-order valence-corrected chi connectivity index (χ4v) is 4.23. The fraction of sp³-hybridized carbons (Fsp3) is 0.500. The number of carbonyl (C=O) groups is 1. The number of ether oxygens (including phenoxy) is 2. The van der Waals surface area contributed by atoms with Gasteiger partial charge in [-0.15, -0.1) is 0 Å². The number of piperidine rings is 1. The van der Waals surface area contributed by atoms with Crippen LogP contribution in [0.3, 0.4) is 0 Å². The number of aromatic nitrogens is 1. The van der Waals surface area contributed by atoms with Crippen LogP contribution in [0.5, 0.6) is 10.8 Å². The first-order valence-electron chi connectivity index (χ1n) is 9.53. The zero-order chi connectivity index (χ0) is 18.6. The standard InChI is InChI=1S/C20H25N3O3S/c1-25-17-11-14(12-17)19(24)22-20-21-13-18(27-20)26-16-7-5-15(6-8-16)23-9-3-2-4-10-23/h5-8,13-14,17H,2-4,9-12H2,1H3,(H,21,22,24). The topological polar surface area (TPSA) is 63.7 Å². The van der Waals surface area contributed by atoms with Gasteiger partial charge in [0, 0.05) is 31.8 Å². The minimum absolute atomic E-state index is 0.00934. The first-order valence-corrected chi connectivity index (χ1v) is 10.4. The van der Waals surface area contributed by atoms with E-state index in [0.29, 0.717) is 10.2 Å². The Morgan fingerprint density at radius 1 is 1.19 bits per heavy atom. The van der Waals surface area contributed by atoms with Gasteiger partial charge in [0.05, 0.1) is 12.3 Å². The highest BCUT2D eigenvalue weighted by molar-refractivity contribution is 7.17. The summed E-state index contributed by atoms with van der Waals surface area (Å²) in [6, 6.07) is 8.18. The molecule has 2 fully saturated rings. The molecule has 2 aliphatic rings.